The van der Waals surface area contributed by atoms with E-state index in [0.29, 0.717) is 6.04 Å². The Balaban J connectivity index is 1.98. The summed E-state index contributed by atoms with van der Waals surface area (Å²) < 4.78 is 0. The van der Waals surface area contributed by atoms with Gasteiger partial charge in [0.25, 0.3) is 0 Å². The molecule has 0 saturated heterocycles. The molecule has 1 aromatic carbocycles. The van der Waals surface area contributed by atoms with E-state index in [1.54, 1.807) is 0 Å². The summed E-state index contributed by atoms with van der Waals surface area (Å²) in [6, 6.07) is 9.58. The van der Waals surface area contributed by atoms with E-state index in [4.69, 9.17) is 5.73 Å². The van der Waals surface area contributed by atoms with E-state index < -0.39 is 0 Å². The van der Waals surface area contributed by atoms with Gasteiger partial charge in [0.1, 0.15) is 0 Å². The molecular formula is C14H21N. The molecule has 1 saturated carbocycles. The van der Waals surface area contributed by atoms with E-state index in [-0.39, 0.29) is 0 Å². The molecule has 1 fully saturated rings. The van der Waals surface area contributed by atoms with Crippen LogP contribution in [0.1, 0.15) is 43.7 Å². The van der Waals surface area contributed by atoms with E-state index in [0.717, 1.165) is 11.8 Å². The van der Waals surface area contributed by atoms with Gasteiger partial charge in [-0.1, -0.05) is 38.1 Å². The van der Waals surface area contributed by atoms with Crippen molar-refractivity contribution >= 4 is 0 Å². The smallest absolute Gasteiger partial charge is 0.00504 e. The minimum absolute atomic E-state index is 0.449. The Kier molecular flexibility index (Phi) is 3.11. The van der Waals surface area contributed by atoms with Crippen LogP contribution in [0, 0.1) is 5.92 Å². The summed E-state index contributed by atoms with van der Waals surface area (Å²) in [6.45, 7) is 4.53. The Hall–Kier alpha value is -0.820. The lowest BCUT2D eigenvalue weighted by Gasteiger charge is -2.32. The van der Waals surface area contributed by atoms with Crippen LogP contribution >= 0.6 is 0 Å². The molecule has 0 heterocycles. The Morgan fingerprint density at radius 2 is 1.80 bits per heavy atom. The summed E-state index contributed by atoms with van der Waals surface area (Å²) >= 11 is 0. The summed E-state index contributed by atoms with van der Waals surface area (Å²) in [5.74, 6) is 1.47. The Morgan fingerprint density at radius 1 is 1.20 bits per heavy atom. The molecule has 15 heavy (non-hydrogen) atoms. The third-order valence-corrected chi connectivity index (χ3v) is 3.27. The lowest BCUT2D eigenvalue weighted by molar-refractivity contribution is 0.351. The van der Waals surface area contributed by atoms with Crippen molar-refractivity contribution in [2.45, 2.75) is 45.1 Å². The molecule has 82 valence electrons. The summed E-state index contributed by atoms with van der Waals surface area (Å²) in [5, 5.41) is 0. The molecule has 1 aliphatic carbocycles. The molecule has 0 amide bonds. The molecule has 0 aromatic heterocycles. The lowest BCUT2D eigenvalue weighted by Crippen LogP contribution is -2.34. The maximum atomic E-state index is 5.80. The first-order valence-electron chi connectivity index (χ1n) is 5.99. The van der Waals surface area contributed by atoms with Crippen LogP contribution in [0.3, 0.4) is 0 Å². The number of hydrogen-bond donors (Lipinski definition) is 1. The summed E-state index contributed by atoms with van der Waals surface area (Å²) in [6.07, 6.45) is 3.53. The molecule has 0 bridgehead atoms. The summed E-state index contributed by atoms with van der Waals surface area (Å²) in [4.78, 5) is 0. The van der Waals surface area contributed by atoms with Crippen LogP contribution in [0.25, 0.3) is 0 Å². The Bertz CT molecular complexity index is 307. The van der Waals surface area contributed by atoms with Gasteiger partial charge in [-0.2, -0.15) is 0 Å². The molecule has 2 rings (SSSR count). The predicted molar refractivity (Wildman–Crippen MR) is 64.9 cm³/mol. The van der Waals surface area contributed by atoms with Crippen molar-refractivity contribution in [2.75, 3.05) is 0 Å². The van der Waals surface area contributed by atoms with Crippen molar-refractivity contribution in [1.82, 2.24) is 0 Å². The molecular weight excluding hydrogens is 182 g/mol. The van der Waals surface area contributed by atoms with Crippen molar-refractivity contribution in [2.24, 2.45) is 11.7 Å². The normalized spacial score (nSPS) is 25.3. The minimum atomic E-state index is 0.449. The molecule has 1 heteroatoms. The maximum absolute atomic E-state index is 5.80. The van der Waals surface area contributed by atoms with Crippen molar-refractivity contribution in [3.63, 3.8) is 0 Å². The molecule has 1 nitrogen and oxygen atoms in total. The number of rotatable bonds is 3. The lowest BCUT2D eigenvalue weighted by atomic mass is 9.76. The zero-order valence-electron chi connectivity index (χ0n) is 9.74. The Morgan fingerprint density at radius 3 is 2.27 bits per heavy atom. The average Bonchev–Trinajstić information content (AvgIpc) is 2.14. The molecule has 0 spiro atoms. The van der Waals surface area contributed by atoms with Crippen molar-refractivity contribution in [3.8, 4) is 0 Å². The average molecular weight is 203 g/mol. The van der Waals surface area contributed by atoms with Gasteiger partial charge in [-0.05, 0) is 42.2 Å². The van der Waals surface area contributed by atoms with Crippen molar-refractivity contribution < 1.29 is 0 Å². The van der Waals surface area contributed by atoms with Crippen LogP contribution < -0.4 is 5.73 Å². The highest BCUT2D eigenvalue weighted by Crippen LogP contribution is 2.35. The van der Waals surface area contributed by atoms with Crippen molar-refractivity contribution in [1.29, 1.82) is 0 Å². The third kappa shape index (κ3) is 2.60. The standard InChI is InChI=1S/C14H21N/c1-10(2)7-11-3-5-12(6-4-11)13-8-14(15)9-13/h3-6,10,13-14H,7-9,15H2,1-2H3. The number of hydrogen-bond acceptors (Lipinski definition) is 1. The molecule has 1 aromatic rings. The maximum Gasteiger partial charge on any atom is 0.00504 e. The van der Waals surface area contributed by atoms with Crippen LogP contribution in [0.15, 0.2) is 24.3 Å². The van der Waals surface area contributed by atoms with Crippen LogP contribution in [0.2, 0.25) is 0 Å². The highest BCUT2D eigenvalue weighted by atomic mass is 14.7. The first-order valence-corrected chi connectivity index (χ1v) is 5.99. The molecule has 0 radical (unpaired) electrons. The predicted octanol–water partition coefficient (Wildman–Crippen LogP) is 3.09. The van der Waals surface area contributed by atoms with E-state index in [9.17, 15) is 0 Å². The summed E-state index contributed by atoms with van der Waals surface area (Å²) in [5.41, 5.74) is 8.73. The van der Waals surface area contributed by atoms with Gasteiger partial charge >= 0.3 is 0 Å². The second kappa shape index (κ2) is 4.36. The fourth-order valence-corrected chi connectivity index (χ4v) is 2.33. The largest absolute Gasteiger partial charge is 0.328 e. The zero-order chi connectivity index (χ0) is 10.8. The van der Waals surface area contributed by atoms with Gasteiger partial charge in [-0.15, -0.1) is 0 Å². The molecule has 0 atom stereocenters. The van der Waals surface area contributed by atoms with Gasteiger partial charge in [0.2, 0.25) is 0 Å². The molecule has 2 N–H and O–H groups in total. The van der Waals surface area contributed by atoms with Crippen LogP contribution in [-0.2, 0) is 6.42 Å². The quantitative estimate of drug-likeness (QED) is 0.802. The first kappa shape index (κ1) is 10.7. The monoisotopic (exact) mass is 203 g/mol. The van der Waals surface area contributed by atoms with Gasteiger partial charge in [0.05, 0.1) is 0 Å². The van der Waals surface area contributed by atoms with E-state index in [1.165, 1.54) is 30.4 Å². The third-order valence-electron chi connectivity index (χ3n) is 3.27. The van der Waals surface area contributed by atoms with E-state index in [1.807, 2.05) is 0 Å². The highest BCUT2D eigenvalue weighted by molar-refractivity contribution is 5.27. The van der Waals surface area contributed by atoms with Gasteiger partial charge in [0.15, 0.2) is 0 Å². The van der Waals surface area contributed by atoms with Crippen LogP contribution in [0.4, 0.5) is 0 Å². The fourth-order valence-electron chi connectivity index (χ4n) is 2.33. The first-order chi connectivity index (χ1) is 7.15. The minimum Gasteiger partial charge on any atom is -0.328 e. The van der Waals surface area contributed by atoms with Crippen LogP contribution in [0.5, 0.6) is 0 Å². The zero-order valence-corrected chi connectivity index (χ0v) is 9.74. The second-order valence-corrected chi connectivity index (χ2v) is 5.27. The van der Waals surface area contributed by atoms with Gasteiger partial charge in [0, 0.05) is 6.04 Å². The van der Waals surface area contributed by atoms with E-state index in [2.05, 4.69) is 38.1 Å². The SMILES string of the molecule is CC(C)Cc1ccc(C2CC(N)C2)cc1. The fraction of sp³-hybridized carbons (Fsp3) is 0.571. The molecule has 1 aliphatic rings. The number of nitrogens with two attached hydrogens (primary N) is 1. The van der Waals surface area contributed by atoms with Crippen molar-refractivity contribution in [3.05, 3.63) is 35.4 Å². The molecule has 0 unspecified atom stereocenters. The van der Waals surface area contributed by atoms with E-state index >= 15 is 0 Å². The summed E-state index contributed by atoms with van der Waals surface area (Å²) in [7, 11) is 0. The Labute approximate surface area is 92.7 Å². The number of benzene rings is 1. The van der Waals surface area contributed by atoms with Gasteiger partial charge in [-0.3, -0.25) is 0 Å². The molecule has 0 aliphatic heterocycles. The topological polar surface area (TPSA) is 26.0 Å². The van der Waals surface area contributed by atoms with Gasteiger partial charge in [-0.25, -0.2) is 0 Å². The highest BCUT2D eigenvalue weighted by Gasteiger charge is 2.26. The van der Waals surface area contributed by atoms with Gasteiger partial charge < -0.3 is 5.73 Å². The second-order valence-electron chi connectivity index (χ2n) is 5.27. The van der Waals surface area contributed by atoms with Crippen LogP contribution in [-0.4, -0.2) is 6.04 Å².